The van der Waals surface area contributed by atoms with Crippen molar-refractivity contribution in [3.63, 3.8) is 0 Å². The standard InChI is InChI=1S/C41H31BrClNO5/c1-22-12-14-26(19-33(22)43)44-39(48)28-16-15-27-30(36(28)40(44)49)20-32-38(47)29(23-8-4-2-5-9-23)21-35(46)41(32,24-10-6-3-7-11-24)37(27)31-18-25(42)13-17-34(31)45/h2-15,17-19,21,28,30,32,36-37,45H,16,20H2,1H3/t28-,30+,32-,36-,37+,41-/m0/s1. The fourth-order valence-electron chi connectivity index (χ4n) is 8.95. The van der Waals surface area contributed by atoms with E-state index in [1.807, 2.05) is 73.7 Å². The van der Waals surface area contributed by atoms with Crippen LogP contribution in [-0.2, 0) is 24.6 Å². The summed E-state index contributed by atoms with van der Waals surface area (Å²) in [5.41, 5.74) is 2.72. The molecule has 1 heterocycles. The van der Waals surface area contributed by atoms with Crippen molar-refractivity contribution in [1.82, 2.24) is 0 Å². The number of aromatic hydroxyl groups is 1. The number of benzene rings is 4. The summed E-state index contributed by atoms with van der Waals surface area (Å²) >= 11 is 10.0. The number of amides is 2. The Morgan fingerprint density at radius 1 is 0.857 bits per heavy atom. The van der Waals surface area contributed by atoms with Gasteiger partial charge in [-0.15, -0.1) is 0 Å². The first-order valence-electron chi connectivity index (χ1n) is 16.4. The Morgan fingerprint density at radius 3 is 2.29 bits per heavy atom. The molecule has 8 heteroatoms. The smallest absolute Gasteiger partial charge is 0.238 e. The molecule has 4 aliphatic rings. The molecule has 6 nitrogen and oxygen atoms in total. The highest BCUT2D eigenvalue weighted by Crippen LogP contribution is 2.64. The molecule has 0 bridgehead atoms. The van der Waals surface area contributed by atoms with Gasteiger partial charge in [0.25, 0.3) is 0 Å². The van der Waals surface area contributed by atoms with Crippen molar-refractivity contribution in [3.05, 3.63) is 147 Å². The number of ketones is 2. The molecule has 1 saturated carbocycles. The second-order valence-corrected chi connectivity index (χ2v) is 14.8. The minimum atomic E-state index is -1.42. The first-order chi connectivity index (χ1) is 23.6. The minimum absolute atomic E-state index is 0.0197. The number of allylic oxidation sites excluding steroid dienone is 4. The van der Waals surface area contributed by atoms with Crippen LogP contribution >= 0.6 is 27.5 Å². The van der Waals surface area contributed by atoms with Crippen LogP contribution in [-0.4, -0.2) is 28.5 Å². The Bertz CT molecular complexity index is 2140. The maximum Gasteiger partial charge on any atom is 0.238 e. The van der Waals surface area contributed by atoms with E-state index in [-0.39, 0.29) is 42.0 Å². The highest BCUT2D eigenvalue weighted by molar-refractivity contribution is 9.10. The lowest BCUT2D eigenvalue weighted by molar-refractivity contribution is -0.135. The largest absolute Gasteiger partial charge is 0.508 e. The lowest BCUT2D eigenvalue weighted by Crippen LogP contribution is -2.58. The Morgan fingerprint density at radius 2 is 1.57 bits per heavy atom. The van der Waals surface area contributed by atoms with Gasteiger partial charge < -0.3 is 5.11 Å². The van der Waals surface area contributed by atoms with E-state index >= 15 is 4.79 Å². The molecule has 3 aliphatic carbocycles. The summed E-state index contributed by atoms with van der Waals surface area (Å²) in [6, 6.07) is 28.7. The number of hydrogen-bond acceptors (Lipinski definition) is 5. The van der Waals surface area contributed by atoms with E-state index in [4.69, 9.17) is 11.6 Å². The van der Waals surface area contributed by atoms with Gasteiger partial charge in [-0.3, -0.25) is 19.2 Å². The number of nitrogens with zero attached hydrogens (tertiary/aromatic N) is 1. The monoisotopic (exact) mass is 731 g/mol. The zero-order chi connectivity index (χ0) is 34.2. The van der Waals surface area contributed by atoms with E-state index in [2.05, 4.69) is 15.9 Å². The van der Waals surface area contributed by atoms with Gasteiger partial charge in [-0.1, -0.05) is 106 Å². The number of imide groups is 1. The highest BCUT2D eigenvalue weighted by Gasteiger charge is 2.66. The van der Waals surface area contributed by atoms with Crippen molar-refractivity contribution in [2.24, 2.45) is 23.7 Å². The molecule has 4 aromatic carbocycles. The number of anilines is 1. The van der Waals surface area contributed by atoms with Gasteiger partial charge in [0.1, 0.15) is 5.75 Å². The summed E-state index contributed by atoms with van der Waals surface area (Å²) < 4.78 is 0.695. The SMILES string of the molecule is Cc1ccc(N2C(=O)[C@H]3[C@H](CC=C4[C@H]3C[C@H]3C(=O)C(c5ccccc5)=CC(=O)[C@@]3(c3ccccc3)[C@H]4c3cc(Br)ccc3O)C2=O)cc1Cl. The van der Waals surface area contributed by atoms with Crippen LogP contribution in [0.2, 0.25) is 5.02 Å². The van der Waals surface area contributed by atoms with Crippen LogP contribution in [0.25, 0.3) is 5.57 Å². The molecule has 2 amide bonds. The van der Waals surface area contributed by atoms with E-state index in [0.29, 0.717) is 37.4 Å². The maximum atomic E-state index is 15.1. The Kier molecular flexibility index (Phi) is 7.61. The molecular formula is C41H31BrClNO5. The first-order valence-corrected chi connectivity index (χ1v) is 17.5. The van der Waals surface area contributed by atoms with Crippen molar-refractivity contribution in [1.29, 1.82) is 0 Å². The number of fused-ring (bicyclic) bond motifs is 4. The van der Waals surface area contributed by atoms with Crippen LogP contribution in [0, 0.1) is 30.6 Å². The third-order valence-electron chi connectivity index (χ3n) is 11.1. The molecule has 2 fully saturated rings. The zero-order valence-electron chi connectivity index (χ0n) is 26.5. The van der Waals surface area contributed by atoms with Crippen molar-refractivity contribution in [2.45, 2.75) is 31.1 Å². The molecule has 49 heavy (non-hydrogen) atoms. The number of phenols is 1. The van der Waals surface area contributed by atoms with Gasteiger partial charge in [0.15, 0.2) is 11.6 Å². The Hall–Kier alpha value is -4.59. The van der Waals surface area contributed by atoms with E-state index < -0.39 is 35.0 Å². The van der Waals surface area contributed by atoms with Crippen LogP contribution in [0.5, 0.6) is 5.75 Å². The van der Waals surface area contributed by atoms with Gasteiger partial charge in [-0.25, -0.2) is 4.90 Å². The molecule has 0 unspecified atom stereocenters. The lowest BCUT2D eigenvalue weighted by atomic mass is 9.44. The average Bonchev–Trinajstić information content (AvgIpc) is 3.37. The molecule has 1 N–H and O–H groups in total. The number of phenolic OH excluding ortho intramolecular Hbond substituents is 1. The maximum absolute atomic E-state index is 15.1. The topological polar surface area (TPSA) is 91.8 Å². The predicted molar refractivity (Wildman–Crippen MR) is 191 cm³/mol. The van der Waals surface area contributed by atoms with Crippen LogP contribution in [0.3, 0.4) is 0 Å². The molecule has 244 valence electrons. The minimum Gasteiger partial charge on any atom is -0.508 e. The molecule has 6 atom stereocenters. The number of aryl methyl sites for hydroxylation is 1. The second kappa shape index (κ2) is 11.8. The van der Waals surface area contributed by atoms with Crippen molar-refractivity contribution in [3.8, 4) is 5.75 Å². The molecule has 0 spiro atoms. The normalized spacial score (nSPS) is 27.7. The quantitative estimate of drug-likeness (QED) is 0.169. The van der Waals surface area contributed by atoms with Crippen LogP contribution in [0.4, 0.5) is 5.69 Å². The van der Waals surface area contributed by atoms with Crippen LogP contribution in [0.15, 0.2) is 119 Å². The first kappa shape index (κ1) is 31.7. The fourth-order valence-corrected chi connectivity index (χ4v) is 9.50. The number of rotatable bonds is 4. The van der Waals surface area contributed by atoms with Crippen molar-refractivity contribution < 1.29 is 24.3 Å². The molecule has 0 aromatic heterocycles. The number of carbonyl (C=O) groups is 4. The highest BCUT2D eigenvalue weighted by atomic mass is 79.9. The lowest BCUT2D eigenvalue weighted by Gasteiger charge is -2.55. The second-order valence-electron chi connectivity index (χ2n) is 13.4. The van der Waals surface area contributed by atoms with E-state index in [1.165, 1.54) is 11.0 Å². The van der Waals surface area contributed by atoms with Crippen LogP contribution in [0.1, 0.15) is 41.0 Å². The van der Waals surface area contributed by atoms with E-state index in [1.54, 1.807) is 36.4 Å². The predicted octanol–water partition coefficient (Wildman–Crippen LogP) is 8.15. The van der Waals surface area contributed by atoms with E-state index in [9.17, 15) is 19.5 Å². The number of Topliss-reactive ketones (excluding diaryl/α,β-unsaturated/α-hetero) is 1. The Balaban J connectivity index is 1.36. The number of hydrogen-bond donors (Lipinski definition) is 1. The molecular weight excluding hydrogens is 702 g/mol. The average molecular weight is 733 g/mol. The molecule has 8 rings (SSSR count). The number of halogens is 2. The third-order valence-corrected chi connectivity index (χ3v) is 12.0. The fraction of sp³-hybridized carbons (Fsp3) is 0.220. The van der Waals surface area contributed by atoms with E-state index in [0.717, 1.165) is 11.1 Å². The van der Waals surface area contributed by atoms with Crippen molar-refractivity contribution >= 4 is 62.2 Å². The molecule has 4 aromatic rings. The summed E-state index contributed by atoms with van der Waals surface area (Å²) in [4.78, 5) is 59.9. The van der Waals surface area contributed by atoms with Gasteiger partial charge in [0, 0.05) is 32.5 Å². The van der Waals surface area contributed by atoms with Crippen molar-refractivity contribution in [2.75, 3.05) is 4.90 Å². The summed E-state index contributed by atoms with van der Waals surface area (Å²) in [6.45, 7) is 1.86. The van der Waals surface area contributed by atoms with Gasteiger partial charge in [0.2, 0.25) is 11.8 Å². The van der Waals surface area contributed by atoms with Gasteiger partial charge in [-0.05, 0) is 78.8 Å². The molecule has 1 aliphatic heterocycles. The summed E-state index contributed by atoms with van der Waals surface area (Å²) in [5.74, 6) is -4.73. The summed E-state index contributed by atoms with van der Waals surface area (Å²) in [5, 5.41) is 12.0. The molecule has 1 saturated heterocycles. The van der Waals surface area contributed by atoms with Gasteiger partial charge in [0.05, 0.1) is 22.9 Å². The third kappa shape index (κ3) is 4.66. The summed E-state index contributed by atoms with van der Waals surface area (Å²) in [6.07, 6.45) is 3.93. The summed E-state index contributed by atoms with van der Waals surface area (Å²) in [7, 11) is 0. The molecule has 0 radical (unpaired) electrons. The van der Waals surface area contributed by atoms with Gasteiger partial charge >= 0.3 is 0 Å². The Labute approximate surface area is 297 Å². The zero-order valence-corrected chi connectivity index (χ0v) is 28.8. The van der Waals surface area contributed by atoms with Crippen LogP contribution < -0.4 is 4.90 Å². The number of carbonyl (C=O) groups excluding carboxylic acids is 4. The van der Waals surface area contributed by atoms with Gasteiger partial charge in [-0.2, -0.15) is 0 Å².